The third-order valence-electron chi connectivity index (χ3n) is 3.88. The Kier molecular flexibility index (Phi) is 4.02. The summed E-state index contributed by atoms with van der Waals surface area (Å²) in [7, 11) is 3.95. The van der Waals surface area contributed by atoms with E-state index in [-0.39, 0.29) is 12.5 Å². The minimum atomic E-state index is -0.540. The quantitative estimate of drug-likeness (QED) is 0.737. The van der Waals surface area contributed by atoms with Gasteiger partial charge >= 0.3 is 5.97 Å². The van der Waals surface area contributed by atoms with Gasteiger partial charge in [0.15, 0.2) is 0 Å². The highest BCUT2D eigenvalue weighted by Crippen LogP contribution is 2.33. The summed E-state index contributed by atoms with van der Waals surface area (Å²) in [5.41, 5.74) is 8.10. The molecule has 0 unspecified atom stereocenters. The van der Waals surface area contributed by atoms with Gasteiger partial charge in [0.2, 0.25) is 0 Å². The smallest absolute Gasteiger partial charge is 0.326 e. The SMILES string of the molecule is CN(C)c1ccc2c(c1)c1c(N)ncnc1n2CC(=O)OC(C)(C)C. The maximum absolute atomic E-state index is 12.3. The standard InChI is InChI=1S/C18H23N5O2/c1-18(2,3)25-14(24)9-23-13-7-6-11(22(4)5)8-12(13)15-16(19)20-10-21-17(15)23/h6-8,10H,9H2,1-5H3,(H2,19,20,21). The highest BCUT2D eigenvalue weighted by molar-refractivity contribution is 6.12. The molecule has 25 heavy (non-hydrogen) atoms. The van der Waals surface area contributed by atoms with E-state index in [0.717, 1.165) is 22.0 Å². The first-order chi connectivity index (χ1) is 11.7. The van der Waals surface area contributed by atoms with E-state index in [2.05, 4.69) is 9.97 Å². The molecule has 0 aliphatic rings. The second kappa shape index (κ2) is 5.91. The van der Waals surface area contributed by atoms with E-state index < -0.39 is 5.60 Å². The van der Waals surface area contributed by atoms with Gasteiger partial charge in [0.05, 0.1) is 10.9 Å². The molecular weight excluding hydrogens is 318 g/mol. The Labute approximate surface area is 146 Å². The molecule has 0 saturated heterocycles. The summed E-state index contributed by atoms with van der Waals surface area (Å²) in [5.74, 6) is 0.0778. The number of carbonyl (C=O) groups excluding carboxylic acids is 1. The lowest BCUT2D eigenvalue weighted by atomic mass is 10.2. The zero-order chi connectivity index (χ0) is 18.4. The maximum Gasteiger partial charge on any atom is 0.326 e. The first-order valence-electron chi connectivity index (χ1n) is 8.09. The van der Waals surface area contributed by atoms with E-state index >= 15 is 0 Å². The first-order valence-corrected chi connectivity index (χ1v) is 8.09. The molecule has 0 aliphatic carbocycles. The van der Waals surface area contributed by atoms with Crippen LogP contribution < -0.4 is 10.6 Å². The Morgan fingerprint density at radius 3 is 2.64 bits per heavy atom. The molecule has 0 spiro atoms. The molecular formula is C18H23N5O2. The second-order valence-corrected chi connectivity index (χ2v) is 7.23. The van der Waals surface area contributed by atoms with Crippen molar-refractivity contribution in [1.82, 2.24) is 14.5 Å². The van der Waals surface area contributed by atoms with E-state index in [0.29, 0.717) is 11.5 Å². The van der Waals surface area contributed by atoms with Gasteiger partial charge in [-0.1, -0.05) is 0 Å². The van der Waals surface area contributed by atoms with Gasteiger partial charge in [-0.2, -0.15) is 0 Å². The topological polar surface area (TPSA) is 86.3 Å². The highest BCUT2D eigenvalue weighted by atomic mass is 16.6. The number of anilines is 2. The average molecular weight is 341 g/mol. The van der Waals surface area contributed by atoms with Crippen LogP contribution in [0, 0.1) is 0 Å². The van der Waals surface area contributed by atoms with E-state index in [1.807, 2.05) is 62.5 Å². The number of hydrogen-bond acceptors (Lipinski definition) is 6. The van der Waals surface area contributed by atoms with Crippen LogP contribution in [0.15, 0.2) is 24.5 Å². The van der Waals surface area contributed by atoms with Crippen LogP contribution in [0.2, 0.25) is 0 Å². The van der Waals surface area contributed by atoms with E-state index in [1.54, 1.807) is 0 Å². The minimum Gasteiger partial charge on any atom is -0.459 e. The number of nitrogens with two attached hydrogens (primary N) is 1. The molecule has 7 nitrogen and oxygen atoms in total. The Bertz CT molecular complexity index is 953. The molecule has 1 aromatic carbocycles. The molecule has 3 rings (SSSR count). The zero-order valence-corrected chi connectivity index (χ0v) is 15.2. The van der Waals surface area contributed by atoms with Crippen LogP contribution in [0.1, 0.15) is 20.8 Å². The second-order valence-electron chi connectivity index (χ2n) is 7.23. The molecule has 2 heterocycles. The number of nitrogens with zero attached hydrogens (tertiary/aromatic N) is 4. The molecule has 0 atom stereocenters. The number of fused-ring (bicyclic) bond motifs is 3. The minimum absolute atomic E-state index is 0.0645. The van der Waals surface area contributed by atoms with Gasteiger partial charge in [0.1, 0.15) is 29.9 Å². The monoisotopic (exact) mass is 341 g/mol. The number of nitrogen functional groups attached to an aromatic ring is 1. The molecule has 0 fully saturated rings. The van der Waals surface area contributed by atoms with Crippen molar-refractivity contribution in [3.8, 4) is 0 Å². The maximum atomic E-state index is 12.3. The fourth-order valence-electron chi connectivity index (χ4n) is 2.87. The molecule has 0 bridgehead atoms. The average Bonchev–Trinajstić information content (AvgIpc) is 2.80. The third kappa shape index (κ3) is 3.22. The summed E-state index contributed by atoms with van der Waals surface area (Å²) in [5, 5.41) is 1.67. The van der Waals surface area contributed by atoms with Gasteiger partial charge in [-0.25, -0.2) is 9.97 Å². The van der Waals surface area contributed by atoms with E-state index in [1.165, 1.54) is 6.33 Å². The van der Waals surface area contributed by atoms with Crippen molar-refractivity contribution in [3.05, 3.63) is 24.5 Å². The summed E-state index contributed by atoms with van der Waals surface area (Å²) in [4.78, 5) is 22.8. The number of aromatic nitrogens is 3. The molecule has 2 aromatic heterocycles. The predicted octanol–water partition coefficient (Wildman–Crippen LogP) is 2.57. The predicted molar refractivity (Wildman–Crippen MR) is 99.6 cm³/mol. The van der Waals surface area contributed by atoms with Crippen molar-refractivity contribution in [2.45, 2.75) is 32.9 Å². The Morgan fingerprint density at radius 2 is 2.00 bits per heavy atom. The van der Waals surface area contributed by atoms with Crippen LogP contribution in [0.3, 0.4) is 0 Å². The fourth-order valence-corrected chi connectivity index (χ4v) is 2.87. The van der Waals surface area contributed by atoms with Crippen molar-refractivity contribution in [1.29, 1.82) is 0 Å². The molecule has 0 aliphatic heterocycles. The molecule has 2 N–H and O–H groups in total. The number of esters is 1. The zero-order valence-electron chi connectivity index (χ0n) is 15.2. The van der Waals surface area contributed by atoms with E-state index in [4.69, 9.17) is 10.5 Å². The molecule has 0 saturated carbocycles. The number of benzene rings is 1. The lowest BCUT2D eigenvalue weighted by Gasteiger charge is -2.20. The summed E-state index contributed by atoms with van der Waals surface area (Å²) >= 11 is 0. The Morgan fingerprint density at radius 1 is 1.28 bits per heavy atom. The highest BCUT2D eigenvalue weighted by Gasteiger charge is 2.21. The fraction of sp³-hybridized carbons (Fsp3) is 0.389. The summed E-state index contributed by atoms with van der Waals surface area (Å²) < 4.78 is 7.29. The van der Waals surface area contributed by atoms with Crippen LogP contribution in [-0.2, 0) is 16.1 Å². The van der Waals surface area contributed by atoms with Crippen LogP contribution in [0.4, 0.5) is 11.5 Å². The number of carbonyl (C=O) groups is 1. The van der Waals surface area contributed by atoms with Gasteiger partial charge < -0.3 is 19.9 Å². The Balaban J connectivity index is 2.20. The third-order valence-corrected chi connectivity index (χ3v) is 3.88. The summed E-state index contributed by atoms with van der Waals surface area (Å²) in [6.07, 6.45) is 1.41. The number of hydrogen-bond donors (Lipinski definition) is 1. The van der Waals surface area contributed by atoms with E-state index in [9.17, 15) is 4.79 Å². The lowest BCUT2D eigenvalue weighted by Crippen LogP contribution is -2.26. The van der Waals surface area contributed by atoms with Crippen molar-refractivity contribution in [3.63, 3.8) is 0 Å². The molecule has 0 amide bonds. The Hall–Kier alpha value is -2.83. The normalized spacial score (nSPS) is 11.9. The van der Waals surface area contributed by atoms with Crippen LogP contribution in [0.25, 0.3) is 21.9 Å². The van der Waals surface area contributed by atoms with Crippen LogP contribution in [0.5, 0.6) is 0 Å². The number of rotatable bonds is 3. The van der Waals surface area contributed by atoms with Crippen LogP contribution in [-0.4, -0.2) is 40.2 Å². The van der Waals surface area contributed by atoms with Crippen molar-refractivity contribution >= 4 is 39.4 Å². The van der Waals surface area contributed by atoms with Gasteiger partial charge in [-0.05, 0) is 39.0 Å². The van der Waals surface area contributed by atoms with Gasteiger partial charge in [0, 0.05) is 25.2 Å². The van der Waals surface area contributed by atoms with Gasteiger partial charge in [-0.3, -0.25) is 4.79 Å². The first kappa shape index (κ1) is 17.0. The summed E-state index contributed by atoms with van der Waals surface area (Å²) in [6.45, 7) is 5.61. The van der Waals surface area contributed by atoms with Gasteiger partial charge in [-0.15, -0.1) is 0 Å². The molecule has 132 valence electrons. The molecule has 3 aromatic rings. The van der Waals surface area contributed by atoms with Crippen molar-refractivity contribution < 1.29 is 9.53 Å². The van der Waals surface area contributed by atoms with Crippen molar-refractivity contribution in [2.75, 3.05) is 24.7 Å². The number of ether oxygens (including phenoxy) is 1. The molecule has 7 heteroatoms. The van der Waals surface area contributed by atoms with Crippen molar-refractivity contribution in [2.24, 2.45) is 0 Å². The van der Waals surface area contributed by atoms with Gasteiger partial charge in [0.25, 0.3) is 0 Å². The summed E-state index contributed by atoms with van der Waals surface area (Å²) in [6, 6.07) is 6.00. The lowest BCUT2D eigenvalue weighted by molar-refractivity contribution is -0.155. The largest absolute Gasteiger partial charge is 0.459 e. The van der Waals surface area contributed by atoms with Crippen LogP contribution >= 0.6 is 0 Å². The molecule has 0 radical (unpaired) electrons.